The Hall–Kier alpha value is -1.77. The van der Waals surface area contributed by atoms with E-state index >= 15 is 0 Å². The summed E-state index contributed by atoms with van der Waals surface area (Å²) in [5.41, 5.74) is 0. The fourth-order valence-electron chi connectivity index (χ4n) is 3.46. The van der Waals surface area contributed by atoms with Crippen molar-refractivity contribution in [3.05, 3.63) is 35.4 Å². The van der Waals surface area contributed by atoms with Crippen molar-refractivity contribution in [1.29, 1.82) is 0 Å². The Morgan fingerprint density at radius 2 is 2.04 bits per heavy atom. The summed E-state index contributed by atoms with van der Waals surface area (Å²) in [4.78, 5) is 4.35. The van der Waals surface area contributed by atoms with Crippen LogP contribution in [0.25, 0.3) is 0 Å². The molecule has 0 bridgehead atoms. The van der Waals surface area contributed by atoms with Gasteiger partial charge in [-0.15, -0.1) is 0 Å². The first-order valence-corrected chi connectivity index (χ1v) is 10.3. The third-order valence-corrected chi connectivity index (χ3v) is 7.12. The van der Waals surface area contributed by atoms with Crippen molar-refractivity contribution in [2.45, 2.75) is 24.3 Å². The van der Waals surface area contributed by atoms with Crippen LogP contribution >= 0.6 is 11.6 Å². The van der Waals surface area contributed by atoms with Crippen molar-refractivity contribution in [2.24, 2.45) is 5.92 Å². The minimum absolute atomic E-state index is 0.0463. The van der Waals surface area contributed by atoms with Gasteiger partial charge in [-0.1, -0.05) is 11.6 Å². The number of imidazole rings is 1. The minimum Gasteiger partial charge on any atom is -0.486 e. The summed E-state index contributed by atoms with van der Waals surface area (Å²) >= 11 is 6.23. The van der Waals surface area contributed by atoms with E-state index in [4.69, 9.17) is 21.1 Å². The first kappa shape index (κ1) is 17.6. The zero-order valence-electron chi connectivity index (χ0n) is 14.4. The smallest absolute Gasteiger partial charge is 0.244 e. The second-order valence-electron chi connectivity index (χ2n) is 6.61. The Morgan fingerprint density at radius 3 is 2.81 bits per heavy atom. The molecule has 0 spiro atoms. The number of fused-ring (bicyclic) bond motifs is 2. The SMILES string of the molecule is CN(C[C@@H]1CCc2nccn2C1)S(=O)(=O)c1cc2c(cc1Cl)OCCO2. The van der Waals surface area contributed by atoms with Crippen molar-refractivity contribution in [2.75, 3.05) is 26.8 Å². The molecular formula is C17H20ClN3O4S. The fraction of sp³-hybridized carbons (Fsp3) is 0.471. The zero-order chi connectivity index (χ0) is 18.3. The highest BCUT2D eigenvalue weighted by Crippen LogP contribution is 2.38. The largest absolute Gasteiger partial charge is 0.486 e. The molecule has 0 N–H and O–H groups in total. The van der Waals surface area contributed by atoms with E-state index in [9.17, 15) is 8.42 Å². The van der Waals surface area contributed by atoms with Crippen LogP contribution in [-0.2, 0) is 23.0 Å². The van der Waals surface area contributed by atoms with Crippen LogP contribution in [0, 0.1) is 5.92 Å². The minimum atomic E-state index is -3.73. The molecular weight excluding hydrogens is 378 g/mol. The monoisotopic (exact) mass is 397 g/mol. The molecule has 9 heteroatoms. The molecule has 0 radical (unpaired) electrons. The fourth-order valence-corrected chi connectivity index (χ4v) is 5.21. The molecule has 4 rings (SSSR count). The molecule has 26 heavy (non-hydrogen) atoms. The van der Waals surface area contributed by atoms with Crippen LogP contribution in [-0.4, -0.2) is 49.1 Å². The summed E-state index contributed by atoms with van der Waals surface area (Å²) in [6.07, 6.45) is 5.49. The summed E-state index contributed by atoms with van der Waals surface area (Å²) in [7, 11) is -2.14. The molecule has 0 amide bonds. The Balaban J connectivity index is 1.55. The molecule has 0 unspecified atom stereocenters. The lowest BCUT2D eigenvalue weighted by molar-refractivity contribution is 0.171. The molecule has 0 fully saturated rings. The van der Waals surface area contributed by atoms with Gasteiger partial charge in [-0.05, 0) is 12.3 Å². The van der Waals surface area contributed by atoms with Gasteiger partial charge < -0.3 is 14.0 Å². The number of sulfonamides is 1. The number of aromatic nitrogens is 2. The summed E-state index contributed by atoms with van der Waals surface area (Å²) in [6, 6.07) is 2.96. The number of benzene rings is 1. The van der Waals surface area contributed by atoms with Crippen LogP contribution in [0.1, 0.15) is 12.2 Å². The average molecular weight is 398 g/mol. The predicted molar refractivity (Wildman–Crippen MR) is 96.3 cm³/mol. The summed E-state index contributed by atoms with van der Waals surface area (Å²) in [5, 5.41) is 0.140. The van der Waals surface area contributed by atoms with Gasteiger partial charge in [0.2, 0.25) is 10.0 Å². The molecule has 3 heterocycles. The van der Waals surface area contributed by atoms with Gasteiger partial charge in [0.05, 0.1) is 5.02 Å². The maximum Gasteiger partial charge on any atom is 0.244 e. The maximum absolute atomic E-state index is 13.0. The Morgan fingerprint density at radius 1 is 1.31 bits per heavy atom. The number of aryl methyl sites for hydroxylation is 1. The molecule has 1 atom stereocenters. The van der Waals surface area contributed by atoms with Crippen LogP contribution in [0.5, 0.6) is 11.5 Å². The van der Waals surface area contributed by atoms with Crippen LogP contribution in [0.15, 0.2) is 29.4 Å². The number of halogens is 1. The van der Waals surface area contributed by atoms with E-state index < -0.39 is 10.0 Å². The van der Waals surface area contributed by atoms with Crippen LogP contribution in [0.4, 0.5) is 0 Å². The molecule has 140 valence electrons. The molecule has 1 aromatic heterocycles. The molecule has 1 aromatic carbocycles. The number of hydrogen-bond donors (Lipinski definition) is 0. The highest BCUT2D eigenvalue weighted by Gasteiger charge is 2.30. The van der Waals surface area contributed by atoms with Gasteiger partial charge in [-0.3, -0.25) is 0 Å². The molecule has 2 aromatic rings. The molecule has 0 saturated heterocycles. The van der Waals surface area contributed by atoms with E-state index in [0.29, 0.717) is 31.3 Å². The van der Waals surface area contributed by atoms with Gasteiger partial charge in [-0.2, -0.15) is 0 Å². The van der Waals surface area contributed by atoms with Crippen molar-refractivity contribution < 1.29 is 17.9 Å². The number of hydrogen-bond acceptors (Lipinski definition) is 5. The van der Waals surface area contributed by atoms with Crippen molar-refractivity contribution in [3.63, 3.8) is 0 Å². The Bertz CT molecular complexity index is 928. The van der Waals surface area contributed by atoms with Gasteiger partial charge in [-0.25, -0.2) is 17.7 Å². The molecule has 0 saturated carbocycles. The Kier molecular flexibility index (Phi) is 4.58. The lowest BCUT2D eigenvalue weighted by atomic mass is 10.00. The second-order valence-corrected chi connectivity index (χ2v) is 9.03. The van der Waals surface area contributed by atoms with Gasteiger partial charge >= 0.3 is 0 Å². The van der Waals surface area contributed by atoms with Crippen LogP contribution < -0.4 is 9.47 Å². The first-order valence-electron chi connectivity index (χ1n) is 8.50. The quantitative estimate of drug-likeness (QED) is 0.790. The summed E-state index contributed by atoms with van der Waals surface area (Å²) < 4.78 is 40.5. The van der Waals surface area contributed by atoms with Gasteiger partial charge in [0, 0.05) is 51.1 Å². The van der Waals surface area contributed by atoms with Crippen molar-refractivity contribution >= 4 is 21.6 Å². The molecule has 7 nitrogen and oxygen atoms in total. The van der Waals surface area contributed by atoms with E-state index in [0.717, 1.165) is 25.2 Å². The topological polar surface area (TPSA) is 73.7 Å². The average Bonchev–Trinajstić information content (AvgIpc) is 3.08. The molecule has 2 aliphatic heterocycles. The number of rotatable bonds is 4. The lowest BCUT2D eigenvalue weighted by Gasteiger charge is -2.28. The van der Waals surface area contributed by atoms with Crippen LogP contribution in [0.2, 0.25) is 5.02 Å². The van der Waals surface area contributed by atoms with E-state index in [2.05, 4.69) is 9.55 Å². The van der Waals surface area contributed by atoms with E-state index in [-0.39, 0.29) is 15.8 Å². The normalized spacial score (nSPS) is 19.4. The van der Waals surface area contributed by atoms with Crippen LogP contribution in [0.3, 0.4) is 0 Å². The zero-order valence-corrected chi connectivity index (χ0v) is 16.0. The lowest BCUT2D eigenvalue weighted by Crippen LogP contribution is -2.35. The van der Waals surface area contributed by atoms with E-state index in [1.54, 1.807) is 13.2 Å². The van der Waals surface area contributed by atoms with Crippen molar-refractivity contribution in [1.82, 2.24) is 13.9 Å². The predicted octanol–water partition coefficient (Wildman–Crippen LogP) is 2.19. The third kappa shape index (κ3) is 3.17. The van der Waals surface area contributed by atoms with E-state index in [1.807, 2.05) is 6.20 Å². The first-order chi connectivity index (χ1) is 12.4. The number of nitrogens with zero attached hydrogens (tertiary/aromatic N) is 3. The van der Waals surface area contributed by atoms with Gasteiger partial charge in [0.15, 0.2) is 11.5 Å². The summed E-state index contributed by atoms with van der Waals surface area (Å²) in [5.74, 6) is 2.17. The molecule has 2 aliphatic rings. The highest BCUT2D eigenvalue weighted by molar-refractivity contribution is 7.89. The summed E-state index contributed by atoms with van der Waals surface area (Å²) in [6.45, 7) is 2.00. The standard InChI is InChI=1S/C17H20ClN3O4S/c1-20(10-12-2-3-17-19-4-5-21(17)11-12)26(22,23)16-9-15-14(8-13(16)18)24-6-7-25-15/h4-5,8-9,12H,2-3,6-7,10-11H2,1H3/t12-/m0/s1. The second kappa shape index (κ2) is 6.75. The molecule has 0 aliphatic carbocycles. The third-order valence-electron chi connectivity index (χ3n) is 4.83. The highest BCUT2D eigenvalue weighted by atomic mass is 35.5. The van der Waals surface area contributed by atoms with Gasteiger partial charge in [0.25, 0.3) is 0 Å². The number of ether oxygens (including phenoxy) is 2. The Labute approximate surface area is 157 Å². The van der Waals surface area contributed by atoms with Crippen molar-refractivity contribution in [3.8, 4) is 11.5 Å². The maximum atomic E-state index is 13.0. The van der Waals surface area contributed by atoms with Gasteiger partial charge in [0.1, 0.15) is 23.9 Å². The van der Waals surface area contributed by atoms with E-state index in [1.165, 1.54) is 16.4 Å².